The fraction of sp³-hybridized carbons (Fsp3) is 0.222. The molecule has 0 fully saturated rings. The SMILES string of the molecule is Fc1ccc(C2=NNCCO2)cc1. The molecule has 0 saturated carbocycles. The maximum Gasteiger partial charge on any atom is 0.237 e. The van der Waals surface area contributed by atoms with Crippen molar-refractivity contribution in [3.05, 3.63) is 35.6 Å². The number of nitrogens with one attached hydrogen (secondary N) is 1. The molecule has 3 nitrogen and oxygen atoms in total. The van der Waals surface area contributed by atoms with Crippen molar-refractivity contribution in [3.8, 4) is 0 Å². The Morgan fingerprint density at radius 1 is 1.31 bits per heavy atom. The van der Waals surface area contributed by atoms with Crippen LogP contribution in [0.1, 0.15) is 5.56 Å². The number of rotatable bonds is 1. The van der Waals surface area contributed by atoms with Gasteiger partial charge in [-0.1, -0.05) is 0 Å². The van der Waals surface area contributed by atoms with E-state index in [1.807, 2.05) is 0 Å². The van der Waals surface area contributed by atoms with Crippen molar-refractivity contribution in [2.75, 3.05) is 13.2 Å². The lowest BCUT2D eigenvalue weighted by Gasteiger charge is -2.14. The van der Waals surface area contributed by atoms with Crippen LogP contribution < -0.4 is 5.43 Å². The molecule has 2 rings (SSSR count). The summed E-state index contributed by atoms with van der Waals surface area (Å²) < 4.78 is 17.8. The average molecular weight is 180 g/mol. The minimum atomic E-state index is -0.256. The van der Waals surface area contributed by atoms with E-state index in [2.05, 4.69) is 10.5 Å². The number of benzene rings is 1. The Bertz CT molecular complexity index is 321. The normalized spacial score (nSPS) is 15.6. The Balaban J connectivity index is 2.24. The van der Waals surface area contributed by atoms with Crippen LogP contribution in [0.15, 0.2) is 29.4 Å². The minimum Gasteiger partial charge on any atom is -0.474 e. The van der Waals surface area contributed by atoms with Gasteiger partial charge in [-0.25, -0.2) is 4.39 Å². The summed E-state index contributed by atoms with van der Waals surface area (Å²) in [6.45, 7) is 1.31. The number of hydrazone groups is 1. The molecular formula is C9H9FN2O. The van der Waals surface area contributed by atoms with E-state index in [0.29, 0.717) is 19.0 Å². The molecule has 0 aromatic heterocycles. The Labute approximate surface area is 75.2 Å². The van der Waals surface area contributed by atoms with Gasteiger partial charge in [-0.05, 0) is 24.3 Å². The molecule has 1 aromatic carbocycles. The summed E-state index contributed by atoms with van der Waals surface area (Å²) >= 11 is 0. The first-order valence-corrected chi connectivity index (χ1v) is 4.05. The summed E-state index contributed by atoms with van der Waals surface area (Å²) in [5.74, 6) is 0.263. The second-order valence-corrected chi connectivity index (χ2v) is 2.68. The topological polar surface area (TPSA) is 33.6 Å². The third-order valence-electron chi connectivity index (χ3n) is 1.72. The van der Waals surface area contributed by atoms with Crippen LogP contribution in [0.4, 0.5) is 4.39 Å². The number of halogens is 1. The molecular weight excluding hydrogens is 171 g/mol. The van der Waals surface area contributed by atoms with Gasteiger partial charge in [0.15, 0.2) is 0 Å². The van der Waals surface area contributed by atoms with Crippen molar-refractivity contribution in [3.63, 3.8) is 0 Å². The van der Waals surface area contributed by atoms with Gasteiger partial charge < -0.3 is 10.2 Å². The van der Waals surface area contributed by atoms with Crippen LogP contribution in [0, 0.1) is 5.82 Å². The fourth-order valence-corrected chi connectivity index (χ4v) is 1.09. The van der Waals surface area contributed by atoms with E-state index in [4.69, 9.17) is 4.74 Å². The third kappa shape index (κ3) is 1.77. The van der Waals surface area contributed by atoms with Gasteiger partial charge in [0.25, 0.3) is 0 Å². The predicted molar refractivity (Wildman–Crippen MR) is 46.9 cm³/mol. The Morgan fingerprint density at radius 3 is 2.69 bits per heavy atom. The zero-order chi connectivity index (χ0) is 9.10. The van der Waals surface area contributed by atoms with Crippen molar-refractivity contribution >= 4 is 5.90 Å². The minimum absolute atomic E-state index is 0.256. The highest BCUT2D eigenvalue weighted by Crippen LogP contribution is 2.06. The monoisotopic (exact) mass is 180 g/mol. The first-order valence-electron chi connectivity index (χ1n) is 4.05. The van der Waals surface area contributed by atoms with Gasteiger partial charge in [0, 0.05) is 5.56 Å². The quantitative estimate of drug-likeness (QED) is 0.702. The number of nitrogens with zero attached hydrogens (tertiary/aromatic N) is 1. The predicted octanol–water partition coefficient (Wildman–Crippen LogP) is 1.11. The van der Waals surface area contributed by atoms with Crippen LogP contribution in [0.3, 0.4) is 0 Å². The van der Waals surface area contributed by atoms with Gasteiger partial charge in [-0.2, -0.15) is 0 Å². The first kappa shape index (κ1) is 8.04. The zero-order valence-corrected chi connectivity index (χ0v) is 6.96. The van der Waals surface area contributed by atoms with Crippen molar-refractivity contribution in [2.24, 2.45) is 5.10 Å². The highest BCUT2D eigenvalue weighted by Gasteiger charge is 2.08. The van der Waals surface area contributed by atoms with E-state index >= 15 is 0 Å². The second kappa shape index (κ2) is 3.43. The Hall–Kier alpha value is -1.58. The lowest BCUT2D eigenvalue weighted by molar-refractivity contribution is 0.279. The van der Waals surface area contributed by atoms with Crippen LogP contribution in [0.25, 0.3) is 0 Å². The van der Waals surface area contributed by atoms with E-state index in [0.717, 1.165) is 5.56 Å². The Morgan fingerprint density at radius 2 is 2.08 bits per heavy atom. The maximum atomic E-state index is 12.6. The van der Waals surface area contributed by atoms with Gasteiger partial charge in [-0.15, -0.1) is 5.10 Å². The van der Waals surface area contributed by atoms with Crippen LogP contribution >= 0.6 is 0 Å². The molecule has 0 radical (unpaired) electrons. The molecule has 4 heteroatoms. The fourth-order valence-electron chi connectivity index (χ4n) is 1.09. The molecule has 13 heavy (non-hydrogen) atoms. The van der Waals surface area contributed by atoms with E-state index < -0.39 is 0 Å². The van der Waals surface area contributed by atoms with Crippen LogP contribution in [-0.2, 0) is 4.74 Å². The summed E-state index contributed by atoms with van der Waals surface area (Å²) in [6.07, 6.45) is 0. The number of hydrogen-bond acceptors (Lipinski definition) is 3. The third-order valence-corrected chi connectivity index (χ3v) is 1.72. The van der Waals surface area contributed by atoms with Gasteiger partial charge in [0.1, 0.15) is 12.4 Å². The summed E-state index contributed by atoms with van der Waals surface area (Å²) in [6, 6.07) is 6.05. The van der Waals surface area contributed by atoms with Crippen molar-refractivity contribution < 1.29 is 9.13 Å². The molecule has 0 unspecified atom stereocenters. The summed E-state index contributed by atoms with van der Waals surface area (Å²) in [5, 5.41) is 3.95. The van der Waals surface area contributed by atoms with E-state index in [1.165, 1.54) is 12.1 Å². The number of hydrogen-bond donors (Lipinski definition) is 1. The molecule has 0 saturated heterocycles. The van der Waals surface area contributed by atoms with Gasteiger partial charge in [0.2, 0.25) is 5.90 Å². The molecule has 0 bridgehead atoms. The average Bonchev–Trinajstić information content (AvgIpc) is 2.20. The standard InChI is InChI=1S/C9H9FN2O/c10-8-3-1-7(2-4-8)9-12-11-5-6-13-9/h1-4,11H,5-6H2. The molecule has 1 heterocycles. The molecule has 1 N–H and O–H groups in total. The van der Waals surface area contributed by atoms with Gasteiger partial charge >= 0.3 is 0 Å². The smallest absolute Gasteiger partial charge is 0.237 e. The van der Waals surface area contributed by atoms with Crippen LogP contribution in [0.2, 0.25) is 0 Å². The molecule has 1 aromatic rings. The van der Waals surface area contributed by atoms with Gasteiger partial charge in [0.05, 0.1) is 6.54 Å². The molecule has 0 atom stereocenters. The highest BCUT2D eigenvalue weighted by atomic mass is 19.1. The molecule has 0 amide bonds. The Kier molecular flexibility index (Phi) is 2.12. The van der Waals surface area contributed by atoms with Crippen LogP contribution in [0.5, 0.6) is 0 Å². The lowest BCUT2D eigenvalue weighted by Crippen LogP contribution is -2.26. The van der Waals surface area contributed by atoms with E-state index in [9.17, 15) is 4.39 Å². The zero-order valence-electron chi connectivity index (χ0n) is 6.96. The molecule has 1 aliphatic rings. The molecule has 0 spiro atoms. The summed E-state index contributed by atoms with van der Waals surface area (Å²) in [7, 11) is 0. The first-order chi connectivity index (χ1) is 6.36. The lowest BCUT2D eigenvalue weighted by atomic mass is 10.2. The maximum absolute atomic E-state index is 12.6. The second-order valence-electron chi connectivity index (χ2n) is 2.68. The van der Waals surface area contributed by atoms with Crippen molar-refractivity contribution in [2.45, 2.75) is 0 Å². The summed E-state index contributed by atoms with van der Waals surface area (Å²) in [4.78, 5) is 0. The van der Waals surface area contributed by atoms with Crippen molar-refractivity contribution in [1.29, 1.82) is 0 Å². The van der Waals surface area contributed by atoms with E-state index in [1.54, 1.807) is 12.1 Å². The van der Waals surface area contributed by atoms with Crippen LogP contribution in [-0.4, -0.2) is 19.0 Å². The van der Waals surface area contributed by atoms with E-state index in [-0.39, 0.29) is 5.82 Å². The molecule has 1 aliphatic heterocycles. The highest BCUT2D eigenvalue weighted by molar-refractivity contribution is 5.94. The summed E-state index contributed by atoms with van der Waals surface area (Å²) in [5.41, 5.74) is 3.60. The largest absolute Gasteiger partial charge is 0.474 e. The molecule has 0 aliphatic carbocycles. The molecule has 68 valence electrons. The number of ether oxygens (including phenoxy) is 1. The van der Waals surface area contributed by atoms with Crippen molar-refractivity contribution in [1.82, 2.24) is 5.43 Å². The van der Waals surface area contributed by atoms with Gasteiger partial charge in [-0.3, -0.25) is 0 Å².